The maximum absolute atomic E-state index is 12.8. The van der Waals surface area contributed by atoms with Gasteiger partial charge in [0.2, 0.25) is 5.91 Å². The van der Waals surface area contributed by atoms with E-state index < -0.39 is 16.7 Å². The molecular weight excluding hydrogens is 424 g/mol. The number of benzene rings is 2. The first kappa shape index (κ1) is 22.2. The summed E-state index contributed by atoms with van der Waals surface area (Å²) in [7, 11) is 0. The molecule has 2 N–H and O–H groups in total. The SMILES string of the molecule is C[C@@H](CN1CCCC1=O)NC(=O)c1ccccc1NC(=O)c1ccc([N+](=O)[O-])cc1Cl. The second-order valence-corrected chi connectivity index (χ2v) is 7.65. The molecule has 31 heavy (non-hydrogen) atoms. The van der Waals surface area contributed by atoms with E-state index in [1.807, 2.05) is 0 Å². The van der Waals surface area contributed by atoms with Gasteiger partial charge in [-0.3, -0.25) is 24.5 Å². The van der Waals surface area contributed by atoms with Crippen LogP contribution in [-0.4, -0.2) is 46.7 Å². The summed E-state index contributed by atoms with van der Waals surface area (Å²) in [6, 6.07) is 9.72. The number of nitrogens with zero attached hydrogens (tertiary/aromatic N) is 2. The van der Waals surface area contributed by atoms with Gasteiger partial charge in [0.25, 0.3) is 17.5 Å². The molecule has 3 rings (SSSR count). The summed E-state index contributed by atoms with van der Waals surface area (Å²) in [5.41, 5.74) is 0.326. The lowest BCUT2D eigenvalue weighted by molar-refractivity contribution is -0.384. The zero-order valence-corrected chi connectivity index (χ0v) is 17.5. The quantitative estimate of drug-likeness (QED) is 0.501. The number of nitro benzene ring substituents is 1. The van der Waals surface area contributed by atoms with Gasteiger partial charge in [0, 0.05) is 37.7 Å². The Morgan fingerprint density at radius 2 is 1.94 bits per heavy atom. The van der Waals surface area contributed by atoms with Crippen molar-refractivity contribution in [1.29, 1.82) is 0 Å². The standard InChI is InChI=1S/C21H21ClN4O5/c1-13(12-25-10-4-7-19(25)27)23-21(29)16-5-2-3-6-18(16)24-20(28)15-9-8-14(26(30)31)11-17(15)22/h2-3,5-6,8-9,11,13H,4,7,10,12H2,1H3,(H,23,29)(H,24,28)/t13-/m0/s1. The fraction of sp³-hybridized carbons (Fsp3) is 0.286. The summed E-state index contributed by atoms with van der Waals surface area (Å²) in [5.74, 6) is -0.922. The summed E-state index contributed by atoms with van der Waals surface area (Å²) >= 11 is 6.02. The molecule has 1 saturated heterocycles. The first-order chi connectivity index (χ1) is 14.8. The zero-order chi connectivity index (χ0) is 22.5. The number of nitrogens with one attached hydrogen (secondary N) is 2. The van der Waals surface area contributed by atoms with E-state index in [1.54, 1.807) is 36.1 Å². The maximum atomic E-state index is 12.8. The van der Waals surface area contributed by atoms with Crippen LogP contribution in [0.15, 0.2) is 42.5 Å². The van der Waals surface area contributed by atoms with Crippen molar-refractivity contribution in [1.82, 2.24) is 10.2 Å². The third-order valence-electron chi connectivity index (χ3n) is 4.87. The number of non-ortho nitro benzene ring substituents is 1. The lowest BCUT2D eigenvalue weighted by Crippen LogP contribution is -2.42. The largest absolute Gasteiger partial charge is 0.348 e. The summed E-state index contributed by atoms with van der Waals surface area (Å²) in [4.78, 5) is 49.1. The van der Waals surface area contributed by atoms with Crippen molar-refractivity contribution in [3.8, 4) is 0 Å². The van der Waals surface area contributed by atoms with Crippen LogP contribution in [0, 0.1) is 10.1 Å². The Morgan fingerprint density at radius 3 is 2.58 bits per heavy atom. The zero-order valence-electron chi connectivity index (χ0n) is 16.8. The van der Waals surface area contributed by atoms with Crippen LogP contribution in [0.5, 0.6) is 0 Å². The fourth-order valence-electron chi connectivity index (χ4n) is 3.36. The predicted octanol–water partition coefficient (Wildman–Crippen LogP) is 3.24. The van der Waals surface area contributed by atoms with Gasteiger partial charge in [0.1, 0.15) is 0 Å². The minimum atomic E-state index is -0.607. The summed E-state index contributed by atoms with van der Waals surface area (Å²) in [6.07, 6.45) is 1.35. The molecule has 1 fully saturated rings. The molecular formula is C21H21ClN4O5. The van der Waals surface area contributed by atoms with Crippen LogP contribution in [0.25, 0.3) is 0 Å². The van der Waals surface area contributed by atoms with Crippen molar-refractivity contribution in [3.05, 3.63) is 68.7 Å². The molecule has 3 amide bonds. The van der Waals surface area contributed by atoms with Crippen LogP contribution in [0.4, 0.5) is 11.4 Å². The average Bonchev–Trinajstić information content (AvgIpc) is 3.12. The van der Waals surface area contributed by atoms with Crippen molar-refractivity contribution in [3.63, 3.8) is 0 Å². The Balaban J connectivity index is 1.71. The summed E-state index contributed by atoms with van der Waals surface area (Å²) in [5, 5.41) is 16.2. The summed E-state index contributed by atoms with van der Waals surface area (Å²) < 4.78 is 0. The number of halogens is 1. The van der Waals surface area contributed by atoms with Gasteiger partial charge in [-0.05, 0) is 31.5 Å². The lowest BCUT2D eigenvalue weighted by atomic mass is 10.1. The lowest BCUT2D eigenvalue weighted by Gasteiger charge is -2.22. The molecule has 0 aromatic heterocycles. The van der Waals surface area contributed by atoms with Gasteiger partial charge in [0.15, 0.2) is 0 Å². The average molecular weight is 445 g/mol. The van der Waals surface area contributed by atoms with E-state index >= 15 is 0 Å². The molecule has 1 atom stereocenters. The van der Waals surface area contributed by atoms with E-state index in [2.05, 4.69) is 10.6 Å². The van der Waals surface area contributed by atoms with Gasteiger partial charge in [-0.1, -0.05) is 23.7 Å². The molecule has 0 unspecified atom stereocenters. The first-order valence-corrected chi connectivity index (χ1v) is 10.1. The van der Waals surface area contributed by atoms with Crippen LogP contribution in [0.3, 0.4) is 0 Å². The number of para-hydroxylation sites is 1. The number of nitro groups is 1. The molecule has 2 aromatic rings. The minimum absolute atomic E-state index is 0.0448. The molecule has 2 aromatic carbocycles. The van der Waals surface area contributed by atoms with Crippen LogP contribution < -0.4 is 10.6 Å². The third kappa shape index (κ3) is 5.37. The highest BCUT2D eigenvalue weighted by Gasteiger charge is 2.23. The highest BCUT2D eigenvalue weighted by molar-refractivity contribution is 6.34. The van der Waals surface area contributed by atoms with E-state index in [0.717, 1.165) is 12.5 Å². The van der Waals surface area contributed by atoms with Gasteiger partial charge in [-0.2, -0.15) is 0 Å². The highest BCUT2D eigenvalue weighted by atomic mass is 35.5. The molecule has 0 bridgehead atoms. The van der Waals surface area contributed by atoms with Crippen LogP contribution in [-0.2, 0) is 4.79 Å². The Morgan fingerprint density at radius 1 is 1.19 bits per heavy atom. The van der Waals surface area contributed by atoms with Gasteiger partial charge in [-0.15, -0.1) is 0 Å². The predicted molar refractivity (Wildman–Crippen MR) is 115 cm³/mol. The molecule has 162 valence electrons. The Hall–Kier alpha value is -3.46. The highest BCUT2D eigenvalue weighted by Crippen LogP contribution is 2.24. The van der Waals surface area contributed by atoms with Crippen LogP contribution >= 0.6 is 11.6 Å². The van der Waals surface area contributed by atoms with Crippen molar-refractivity contribution < 1.29 is 19.3 Å². The molecule has 10 heteroatoms. The van der Waals surface area contributed by atoms with E-state index in [4.69, 9.17) is 11.6 Å². The first-order valence-electron chi connectivity index (χ1n) is 9.69. The topological polar surface area (TPSA) is 122 Å². The van der Waals surface area contributed by atoms with E-state index in [0.29, 0.717) is 19.5 Å². The monoisotopic (exact) mass is 444 g/mol. The van der Waals surface area contributed by atoms with Gasteiger partial charge < -0.3 is 15.5 Å². The Labute approximate surface area is 183 Å². The van der Waals surface area contributed by atoms with Crippen LogP contribution in [0.2, 0.25) is 5.02 Å². The molecule has 1 aliphatic heterocycles. The maximum Gasteiger partial charge on any atom is 0.270 e. The van der Waals surface area contributed by atoms with E-state index in [-0.39, 0.29) is 39.5 Å². The summed E-state index contributed by atoms with van der Waals surface area (Å²) in [6.45, 7) is 2.90. The van der Waals surface area contributed by atoms with Crippen molar-refractivity contribution >= 4 is 40.7 Å². The molecule has 1 aliphatic rings. The van der Waals surface area contributed by atoms with Crippen molar-refractivity contribution in [2.45, 2.75) is 25.8 Å². The fourth-order valence-corrected chi connectivity index (χ4v) is 3.62. The number of amides is 3. The number of anilines is 1. The molecule has 0 radical (unpaired) electrons. The molecule has 0 aliphatic carbocycles. The number of carbonyl (C=O) groups excluding carboxylic acids is 3. The number of carbonyl (C=O) groups is 3. The Kier molecular flexibility index (Phi) is 6.86. The van der Waals surface area contributed by atoms with E-state index in [9.17, 15) is 24.5 Å². The number of hydrogen-bond donors (Lipinski definition) is 2. The van der Waals surface area contributed by atoms with Gasteiger partial charge in [-0.25, -0.2) is 0 Å². The normalized spacial score (nSPS) is 14.3. The smallest absolute Gasteiger partial charge is 0.270 e. The second kappa shape index (κ2) is 9.57. The van der Waals surface area contributed by atoms with Gasteiger partial charge >= 0.3 is 0 Å². The van der Waals surface area contributed by atoms with Crippen LogP contribution in [0.1, 0.15) is 40.5 Å². The van der Waals surface area contributed by atoms with Crippen molar-refractivity contribution in [2.75, 3.05) is 18.4 Å². The third-order valence-corrected chi connectivity index (χ3v) is 5.18. The Bertz CT molecular complexity index is 1040. The molecule has 0 spiro atoms. The van der Waals surface area contributed by atoms with E-state index in [1.165, 1.54) is 12.1 Å². The number of likely N-dealkylation sites (tertiary alicyclic amines) is 1. The second-order valence-electron chi connectivity index (χ2n) is 7.24. The number of rotatable bonds is 7. The minimum Gasteiger partial charge on any atom is -0.348 e. The number of hydrogen-bond acceptors (Lipinski definition) is 5. The molecule has 1 heterocycles. The van der Waals surface area contributed by atoms with Crippen molar-refractivity contribution in [2.24, 2.45) is 0 Å². The molecule has 0 saturated carbocycles. The molecule has 9 nitrogen and oxygen atoms in total. The van der Waals surface area contributed by atoms with Gasteiger partial charge in [0.05, 0.1) is 26.8 Å².